The Morgan fingerprint density at radius 2 is 1.54 bits per heavy atom. The number of benzene rings is 4. The van der Waals surface area contributed by atoms with E-state index in [-0.39, 0.29) is 0 Å². The van der Waals surface area contributed by atoms with Crippen LogP contribution in [0.3, 0.4) is 0 Å². The lowest BCUT2D eigenvalue weighted by atomic mass is 10.0. The molecular weight excluding hydrogens is 456 g/mol. The number of amidine groups is 2. The second kappa shape index (κ2) is 11.4. The highest BCUT2D eigenvalue weighted by molar-refractivity contribution is 6.10. The first-order valence-corrected chi connectivity index (χ1v) is 12.5. The molecule has 4 aromatic carbocycles. The number of hydrogen-bond acceptors (Lipinski definition) is 3. The van der Waals surface area contributed by atoms with Crippen LogP contribution in [0.1, 0.15) is 29.5 Å². The van der Waals surface area contributed by atoms with E-state index < -0.39 is 0 Å². The molecule has 1 aliphatic carbocycles. The lowest BCUT2D eigenvalue weighted by molar-refractivity contribution is 0.307. The number of rotatable bonds is 7. The minimum Gasteiger partial charge on any atom is -0.487 e. The fraction of sp³-hybridized carbons (Fsp3) is 0.125. The van der Waals surface area contributed by atoms with E-state index in [1.54, 1.807) is 0 Å². The summed E-state index contributed by atoms with van der Waals surface area (Å²) in [5.74, 6) is 1.79. The van der Waals surface area contributed by atoms with Gasteiger partial charge in [0.25, 0.3) is 0 Å². The summed E-state index contributed by atoms with van der Waals surface area (Å²) in [6.07, 6.45) is 8.03. The van der Waals surface area contributed by atoms with E-state index in [9.17, 15) is 0 Å². The zero-order valence-electron chi connectivity index (χ0n) is 20.7. The number of ether oxygens (including phenoxy) is 1. The number of aliphatic imine (C=N–C) groups is 2. The van der Waals surface area contributed by atoms with Crippen molar-refractivity contribution in [3.8, 4) is 5.75 Å². The van der Waals surface area contributed by atoms with Crippen LogP contribution in [0, 0.1) is 0 Å². The van der Waals surface area contributed by atoms with Gasteiger partial charge in [0.2, 0.25) is 0 Å². The molecule has 0 heterocycles. The lowest BCUT2D eigenvalue weighted by Crippen LogP contribution is -2.18. The molecule has 0 radical (unpaired) electrons. The molecule has 4 N–H and O–H groups in total. The Hall–Kier alpha value is -4.64. The molecule has 1 aliphatic rings. The van der Waals surface area contributed by atoms with E-state index in [2.05, 4.69) is 30.3 Å². The summed E-state index contributed by atoms with van der Waals surface area (Å²) in [5, 5.41) is 2.30. The third-order valence-electron chi connectivity index (χ3n) is 6.37. The number of allylic oxidation sites excluding steroid dienone is 3. The highest BCUT2D eigenvalue weighted by Gasteiger charge is 2.11. The smallest absolute Gasteiger partial charge is 0.157 e. The molecule has 0 bridgehead atoms. The van der Waals surface area contributed by atoms with Crippen molar-refractivity contribution in [1.82, 2.24) is 0 Å². The van der Waals surface area contributed by atoms with Gasteiger partial charge in [-0.1, -0.05) is 85.0 Å². The number of nitrogens with zero attached hydrogens (tertiary/aromatic N) is 2. The molecule has 0 amide bonds. The topological polar surface area (TPSA) is 86.0 Å². The molecule has 184 valence electrons. The summed E-state index contributed by atoms with van der Waals surface area (Å²) in [6, 6.07) is 30.2. The van der Waals surface area contributed by atoms with Gasteiger partial charge in [0.15, 0.2) is 5.84 Å². The number of hydrogen-bond donors (Lipinski definition) is 2. The average molecular weight is 487 g/mol. The summed E-state index contributed by atoms with van der Waals surface area (Å²) in [7, 11) is 0. The van der Waals surface area contributed by atoms with Crippen molar-refractivity contribution in [2.75, 3.05) is 5.73 Å². The van der Waals surface area contributed by atoms with E-state index in [4.69, 9.17) is 26.2 Å². The Kier molecular flexibility index (Phi) is 7.42. The van der Waals surface area contributed by atoms with Crippen LogP contribution in [0.5, 0.6) is 5.75 Å². The van der Waals surface area contributed by atoms with Gasteiger partial charge < -0.3 is 16.2 Å². The summed E-state index contributed by atoms with van der Waals surface area (Å²) >= 11 is 0. The van der Waals surface area contributed by atoms with Crippen LogP contribution >= 0.6 is 0 Å². The second-order valence-electron chi connectivity index (χ2n) is 8.96. The second-order valence-corrected chi connectivity index (χ2v) is 8.96. The molecule has 0 aromatic heterocycles. The minimum atomic E-state index is 0.384. The summed E-state index contributed by atoms with van der Waals surface area (Å²) in [4.78, 5) is 9.74. The number of fused-ring (bicyclic) bond motifs is 1. The van der Waals surface area contributed by atoms with E-state index in [1.807, 2.05) is 78.9 Å². The number of nitrogens with two attached hydrogens (primary N) is 2. The van der Waals surface area contributed by atoms with Crippen molar-refractivity contribution in [3.05, 3.63) is 131 Å². The summed E-state index contributed by atoms with van der Waals surface area (Å²) in [6.45, 7) is 0.822. The van der Waals surface area contributed by atoms with Gasteiger partial charge in [-0.3, -0.25) is 4.99 Å². The van der Waals surface area contributed by atoms with Crippen LogP contribution < -0.4 is 16.2 Å². The predicted molar refractivity (Wildman–Crippen MR) is 154 cm³/mol. The van der Waals surface area contributed by atoms with Gasteiger partial charge in [-0.05, 0) is 64.6 Å². The molecule has 0 saturated heterocycles. The van der Waals surface area contributed by atoms with Crippen molar-refractivity contribution in [3.63, 3.8) is 0 Å². The maximum Gasteiger partial charge on any atom is 0.157 e. The highest BCUT2D eigenvalue weighted by atomic mass is 16.5. The Bertz CT molecular complexity index is 1520. The zero-order chi connectivity index (χ0) is 25.5. The normalized spacial score (nSPS) is 14.0. The molecule has 0 aliphatic heterocycles. The lowest BCUT2D eigenvalue weighted by Gasteiger charge is -2.14. The molecule has 37 heavy (non-hydrogen) atoms. The van der Waals surface area contributed by atoms with Crippen LogP contribution in [0.15, 0.2) is 125 Å². The fourth-order valence-corrected chi connectivity index (χ4v) is 4.32. The largest absolute Gasteiger partial charge is 0.487 e. The van der Waals surface area contributed by atoms with Crippen molar-refractivity contribution >= 4 is 28.1 Å². The molecule has 0 atom stereocenters. The van der Waals surface area contributed by atoms with E-state index >= 15 is 0 Å². The monoisotopic (exact) mass is 486 g/mol. The third kappa shape index (κ3) is 5.96. The van der Waals surface area contributed by atoms with Crippen LogP contribution in [0.2, 0.25) is 0 Å². The van der Waals surface area contributed by atoms with Crippen molar-refractivity contribution in [2.45, 2.75) is 26.0 Å². The highest BCUT2D eigenvalue weighted by Crippen LogP contribution is 2.25. The number of nitrogen functional groups attached to an aromatic ring is 1. The molecule has 5 heteroatoms. The average Bonchev–Trinajstić information content (AvgIpc) is 2.95. The van der Waals surface area contributed by atoms with Gasteiger partial charge in [0.05, 0.1) is 12.2 Å². The van der Waals surface area contributed by atoms with E-state index in [0.29, 0.717) is 36.3 Å². The standard InChI is InChI=1S/C32H30N4O/c33-29-17-9-10-18-30(29)37-22-28-20-26-16-8-7-15-25(26)19-27(28)21-35-32(24-13-5-2-6-14-24)36-31(34)23-11-3-1-4-12-23/h1-3,5-11,13-20H,4,12,21-22,33H2,(H2,34,35,36). The predicted octanol–water partition coefficient (Wildman–Crippen LogP) is 6.58. The van der Waals surface area contributed by atoms with Crippen LogP contribution in [-0.4, -0.2) is 11.7 Å². The minimum absolute atomic E-state index is 0.384. The number of para-hydroxylation sites is 2. The molecule has 5 nitrogen and oxygen atoms in total. The van der Waals surface area contributed by atoms with Crippen molar-refractivity contribution in [2.24, 2.45) is 15.7 Å². The van der Waals surface area contributed by atoms with Gasteiger partial charge in [-0.15, -0.1) is 0 Å². The van der Waals surface area contributed by atoms with Crippen LogP contribution in [0.25, 0.3) is 10.8 Å². The molecule has 0 saturated carbocycles. The molecule has 0 unspecified atom stereocenters. The first-order valence-electron chi connectivity index (χ1n) is 12.5. The first-order chi connectivity index (χ1) is 18.2. The first kappa shape index (κ1) is 24.1. The maximum absolute atomic E-state index is 6.42. The molecule has 0 fully saturated rings. The maximum atomic E-state index is 6.42. The van der Waals surface area contributed by atoms with Crippen LogP contribution in [-0.2, 0) is 13.2 Å². The zero-order valence-corrected chi connectivity index (χ0v) is 20.7. The Labute approximate surface area is 217 Å². The van der Waals surface area contributed by atoms with E-state index in [0.717, 1.165) is 45.9 Å². The molecular formula is C32H30N4O. The Morgan fingerprint density at radius 3 is 2.27 bits per heavy atom. The Balaban J connectivity index is 1.50. The van der Waals surface area contributed by atoms with Gasteiger partial charge >= 0.3 is 0 Å². The number of anilines is 1. The quantitative estimate of drug-likeness (QED) is 0.176. The van der Waals surface area contributed by atoms with Gasteiger partial charge in [0.1, 0.15) is 18.2 Å². The van der Waals surface area contributed by atoms with Crippen LogP contribution in [0.4, 0.5) is 5.69 Å². The molecule has 5 rings (SSSR count). The van der Waals surface area contributed by atoms with Crippen molar-refractivity contribution < 1.29 is 4.74 Å². The molecule has 0 spiro atoms. The third-order valence-corrected chi connectivity index (χ3v) is 6.37. The molecule has 4 aromatic rings. The van der Waals surface area contributed by atoms with Crippen molar-refractivity contribution in [1.29, 1.82) is 0 Å². The fourth-order valence-electron chi connectivity index (χ4n) is 4.32. The van der Waals surface area contributed by atoms with Gasteiger partial charge in [-0.2, -0.15) is 0 Å². The SMILES string of the molecule is NC(=NC(=NCc1cc2ccccc2cc1COc1ccccc1N)c1ccccc1)C1=CC=CCC1. The summed E-state index contributed by atoms with van der Waals surface area (Å²) < 4.78 is 6.11. The summed E-state index contributed by atoms with van der Waals surface area (Å²) in [5.41, 5.74) is 17.2. The van der Waals surface area contributed by atoms with E-state index in [1.165, 1.54) is 0 Å². The van der Waals surface area contributed by atoms with Gasteiger partial charge in [-0.25, -0.2) is 4.99 Å². The van der Waals surface area contributed by atoms with Gasteiger partial charge in [0, 0.05) is 5.56 Å². The Morgan fingerprint density at radius 1 is 0.838 bits per heavy atom.